The molecule has 1 aliphatic heterocycles. The summed E-state index contributed by atoms with van der Waals surface area (Å²) < 4.78 is 0. The number of para-hydroxylation sites is 1. The van der Waals surface area contributed by atoms with Crippen LogP contribution in [0.1, 0.15) is 57.6 Å². The molecule has 6 nitrogen and oxygen atoms in total. The first-order valence-corrected chi connectivity index (χ1v) is 12.5. The van der Waals surface area contributed by atoms with E-state index in [2.05, 4.69) is 6.58 Å². The highest BCUT2D eigenvalue weighted by atomic mass is 16.3. The van der Waals surface area contributed by atoms with E-state index in [0.29, 0.717) is 40.7 Å². The molecule has 1 N–H and O–H groups in total. The van der Waals surface area contributed by atoms with E-state index in [1.165, 1.54) is 11.0 Å². The van der Waals surface area contributed by atoms with Gasteiger partial charge in [0.2, 0.25) is 11.8 Å². The standard InChI is InChI=1S/C30H31NO5/c1-6-8-16-9-7-10-18(27(16)34)23-17-11-12-19-24(29(36)31(28(19)35)30(3,4)5)20(17)14-21-22(32)13-15(2)26(33)25(21)23/h6-7,9-11,13,19-20,23-24,34H,1,8,12,14H2,2-5H3/t19-,20+,23+,24-/m0/s1. The number of amides is 2. The fourth-order valence-corrected chi connectivity index (χ4v) is 6.54. The lowest BCUT2D eigenvalue weighted by atomic mass is 9.59. The van der Waals surface area contributed by atoms with Gasteiger partial charge in [0, 0.05) is 33.7 Å². The van der Waals surface area contributed by atoms with E-state index in [0.717, 1.165) is 5.57 Å². The van der Waals surface area contributed by atoms with Crippen molar-refractivity contribution in [2.75, 3.05) is 0 Å². The van der Waals surface area contributed by atoms with Crippen LogP contribution in [0, 0.1) is 17.8 Å². The Bertz CT molecular complexity index is 1340. The molecule has 0 unspecified atom stereocenters. The van der Waals surface area contributed by atoms with Gasteiger partial charge in [0.25, 0.3) is 0 Å². The summed E-state index contributed by atoms with van der Waals surface area (Å²) in [4.78, 5) is 55.1. The molecule has 6 heteroatoms. The number of allylic oxidation sites excluding steroid dienone is 7. The number of rotatable bonds is 3. The number of fused-ring (bicyclic) bond motifs is 3. The van der Waals surface area contributed by atoms with Crippen molar-refractivity contribution in [3.05, 3.63) is 76.4 Å². The quantitative estimate of drug-likeness (QED) is 0.391. The molecular formula is C30H31NO5. The van der Waals surface area contributed by atoms with Crippen LogP contribution in [0.2, 0.25) is 0 Å². The van der Waals surface area contributed by atoms with Crippen molar-refractivity contribution in [1.29, 1.82) is 0 Å². The van der Waals surface area contributed by atoms with Crippen LogP contribution in [0.15, 0.2) is 65.3 Å². The van der Waals surface area contributed by atoms with Gasteiger partial charge >= 0.3 is 0 Å². The maximum absolute atomic E-state index is 13.7. The summed E-state index contributed by atoms with van der Waals surface area (Å²) in [5.41, 5.74) is 2.54. The summed E-state index contributed by atoms with van der Waals surface area (Å²) in [6.07, 6.45) is 6.11. The number of Topliss-reactive ketones (excluding diaryl/α,β-unsaturated/α-hetero) is 1. The van der Waals surface area contributed by atoms with Crippen molar-refractivity contribution in [2.45, 2.75) is 58.4 Å². The van der Waals surface area contributed by atoms with Gasteiger partial charge < -0.3 is 5.11 Å². The minimum atomic E-state index is -0.656. The molecule has 2 amide bonds. The van der Waals surface area contributed by atoms with Gasteiger partial charge in [-0.2, -0.15) is 0 Å². The third-order valence-corrected chi connectivity index (χ3v) is 8.06. The molecule has 0 spiro atoms. The van der Waals surface area contributed by atoms with Crippen LogP contribution in [-0.4, -0.2) is 38.9 Å². The number of imide groups is 1. The highest BCUT2D eigenvalue weighted by Gasteiger charge is 2.58. The predicted octanol–water partition coefficient (Wildman–Crippen LogP) is 4.35. The zero-order valence-electron chi connectivity index (χ0n) is 21.1. The molecule has 0 bridgehead atoms. The lowest BCUT2D eigenvalue weighted by Gasteiger charge is -2.42. The highest BCUT2D eigenvalue weighted by Crippen LogP contribution is 2.56. The minimum Gasteiger partial charge on any atom is -0.507 e. The Morgan fingerprint density at radius 2 is 1.83 bits per heavy atom. The molecule has 0 radical (unpaired) electrons. The number of benzene rings is 1. The number of aromatic hydroxyl groups is 1. The van der Waals surface area contributed by atoms with E-state index in [4.69, 9.17) is 0 Å². The molecule has 4 atom stereocenters. The largest absolute Gasteiger partial charge is 0.507 e. The summed E-state index contributed by atoms with van der Waals surface area (Å²) in [5, 5.41) is 11.3. The summed E-state index contributed by atoms with van der Waals surface area (Å²) in [6, 6.07) is 5.41. The zero-order valence-corrected chi connectivity index (χ0v) is 21.1. The van der Waals surface area contributed by atoms with Gasteiger partial charge in [-0.05, 0) is 64.5 Å². The van der Waals surface area contributed by atoms with Crippen LogP contribution in [0.25, 0.3) is 0 Å². The molecule has 0 aromatic heterocycles. The van der Waals surface area contributed by atoms with Gasteiger partial charge in [0.1, 0.15) is 5.75 Å². The van der Waals surface area contributed by atoms with Crippen LogP contribution < -0.4 is 0 Å². The first-order valence-electron chi connectivity index (χ1n) is 12.5. The summed E-state index contributed by atoms with van der Waals surface area (Å²) in [6.45, 7) is 10.9. The number of carbonyl (C=O) groups excluding carboxylic acids is 4. The van der Waals surface area contributed by atoms with E-state index in [9.17, 15) is 24.3 Å². The molecule has 5 rings (SSSR count). The molecule has 1 heterocycles. The lowest BCUT2D eigenvalue weighted by molar-refractivity contribution is -0.145. The second-order valence-electron chi connectivity index (χ2n) is 11.3. The third-order valence-electron chi connectivity index (χ3n) is 8.06. The van der Waals surface area contributed by atoms with Crippen LogP contribution in [-0.2, 0) is 25.6 Å². The van der Waals surface area contributed by atoms with Gasteiger partial charge in [0.15, 0.2) is 11.6 Å². The normalized spacial score (nSPS) is 27.9. The Hall–Kier alpha value is -3.54. The highest BCUT2D eigenvalue weighted by molar-refractivity contribution is 6.24. The van der Waals surface area contributed by atoms with Gasteiger partial charge in [0.05, 0.1) is 11.8 Å². The molecule has 36 heavy (non-hydrogen) atoms. The number of phenols is 1. The number of phenolic OH excluding ortho intramolecular Hbond substituents is 1. The van der Waals surface area contributed by atoms with E-state index < -0.39 is 29.2 Å². The van der Waals surface area contributed by atoms with E-state index in [1.807, 2.05) is 32.9 Å². The molecule has 1 saturated heterocycles. The summed E-state index contributed by atoms with van der Waals surface area (Å²) >= 11 is 0. The van der Waals surface area contributed by atoms with Gasteiger partial charge in [-0.15, -0.1) is 6.58 Å². The Balaban J connectivity index is 1.71. The first kappa shape index (κ1) is 24.2. The van der Waals surface area contributed by atoms with E-state index in [-0.39, 0.29) is 35.6 Å². The molecule has 186 valence electrons. The number of hydrogen-bond acceptors (Lipinski definition) is 5. The van der Waals surface area contributed by atoms with Crippen LogP contribution in [0.5, 0.6) is 5.75 Å². The van der Waals surface area contributed by atoms with Crippen LogP contribution in [0.3, 0.4) is 0 Å². The first-order chi connectivity index (χ1) is 17.0. The second kappa shape index (κ2) is 8.26. The molecule has 3 aliphatic carbocycles. The average Bonchev–Trinajstić information content (AvgIpc) is 3.08. The molecular weight excluding hydrogens is 454 g/mol. The van der Waals surface area contributed by atoms with Crippen molar-refractivity contribution < 1.29 is 24.3 Å². The van der Waals surface area contributed by atoms with E-state index in [1.54, 1.807) is 25.1 Å². The average molecular weight is 486 g/mol. The predicted molar refractivity (Wildman–Crippen MR) is 135 cm³/mol. The topological polar surface area (TPSA) is 91.8 Å². The van der Waals surface area contributed by atoms with Crippen molar-refractivity contribution in [1.82, 2.24) is 4.90 Å². The van der Waals surface area contributed by atoms with Crippen LogP contribution in [0.4, 0.5) is 0 Å². The third kappa shape index (κ3) is 3.38. The molecule has 1 aromatic rings. The molecule has 1 aromatic carbocycles. The molecule has 4 aliphatic rings. The summed E-state index contributed by atoms with van der Waals surface area (Å²) in [5.74, 6) is -2.92. The minimum absolute atomic E-state index is 0.0653. The van der Waals surface area contributed by atoms with Gasteiger partial charge in [-0.1, -0.05) is 35.9 Å². The van der Waals surface area contributed by atoms with Crippen molar-refractivity contribution in [3.8, 4) is 5.75 Å². The number of carbonyl (C=O) groups is 4. The van der Waals surface area contributed by atoms with Crippen LogP contribution >= 0.6 is 0 Å². The Morgan fingerprint density at radius 3 is 2.50 bits per heavy atom. The van der Waals surface area contributed by atoms with Gasteiger partial charge in [-0.25, -0.2) is 0 Å². The Morgan fingerprint density at radius 1 is 1.11 bits per heavy atom. The van der Waals surface area contributed by atoms with E-state index >= 15 is 0 Å². The number of likely N-dealkylation sites (tertiary alicyclic amines) is 1. The fourth-order valence-electron chi connectivity index (χ4n) is 6.54. The van der Waals surface area contributed by atoms with Gasteiger partial charge in [-0.3, -0.25) is 24.1 Å². The Kier molecular flexibility index (Phi) is 5.54. The lowest BCUT2D eigenvalue weighted by Crippen LogP contribution is -2.46. The number of nitrogens with zero attached hydrogens (tertiary/aromatic N) is 1. The fraction of sp³-hybridized carbons (Fsp3) is 0.400. The maximum Gasteiger partial charge on any atom is 0.234 e. The Labute approximate surface area is 211 Å². The van der Waals surface area contributed by atoms with Crippen molar-refractivity contribution >= 4 is 23.4 Å². The second-order valence-corrected chi connectivity index (χ2v) is 11.3. The van der Waals surface area contributed by atoms with Crippen molar-refractivity contribution in [2.24, 2.45) is 17.8 Å². The van der Waals surface area contributed by atoms with Crippen molar-refractivity contribution in [3.63, 3.8) is 0 Å². The maximum atomic E-state index is 13.7. The summed E-state index contributed by atoms with van der Waals surface area (Å²) in [7, 11) is 0. The molecule has 1 fully saturated rings. The SMILES string of the molecule is C=CCc1cccc([C@H]2C3=CC[C@@H]4C(=O)N(C(C)(C)C)C(=O)[C@@H]4[C@@H]3CC3=C2C(=O)C(C)=CC3=O)c1O. The number of hydrogen-bond donors (Lipinski definition) is 1. The smallest absolute Gasteiger partial charge is 0.234 e. The monoisotopic (exact) mass is 485 g/mol. The zero-order chi connectivity index (χ0) is 26.1. The number of ketones is 2. The molecule has 0 saturated carbocycles.